The molecule has 1 aromatic carbocycles. The van der Waals surface area contributed by atoms with Crippen molar-refractivity contribution in [3.05, 3.63) is 35.9 Å². The summed E-state index contributed by atoms with van der Waals surface area (Å²) in [6.07, 6.45) is 1.10. The molecule has 0 unspecified atom stereocenters. The number of sulfonamides is 1. The van der Waals surface area contributed by atoms with Gasteiger partial charge in [0, 0.05) is 31.7 Å². The van der Waals surface area contributed by atoms with Crippen LogP contribution in [0, 0.1) is 0 Å². The number of carboxylic acids is 1. The highest BCUT2D eigenvalue weighted by atomic mass is 32.2. The number of benzene rings is 1. The normalized spacial score (nSPS) is 24.3. The summed E-state index contributed by atoms with van der Waals surface area (Å²) in [5, 5.41) is 9.13. The molecule has 0 saturated carbocycles. The Morgan fingerprint density at radius 2 is 1.91 bits per heavy atom. The van der Waals surface area contributed by atoms with Gasteiger partial charge >= 0.3 is 5.97 Å². The van der Waals surface area contributed by atoms with Crippen molar-refractivity contribution in [2.45, 2.75) is 32.0 Å². The molecule has 122 valence electrons. The second-order valence-corrected chi connectivity index (χ2v) is 7.82. The van der Waals surface area contributed by atoms with Gasteiger partial charge in [-0.05, 0) is 12.5 Å². The van der Waals surface area contributed by atoms with E-state index < -0.39 is 16.0 Å². The lowest BCUT2D eigenvalue weighted by Crippen LogP contribution is -2.58. The maximum absolute atomic E-state index is 11.8. The number of piperazine rings is 1. The Balaban J connectivity index is 2.20. The Bertz CT molecular complexity index is 618. The van der Waals surface area contributed by atoms with Crippen LogP contribution in [0.2, 0.25) is 0 Å². The maximum Gasteiger partial charge on any atom is 0.304 e. The van der Waals surface area contributed by atoms with Gasteiger partial charge in [0.1, 0.15) is 0 Å². The smallest absolute Gasteiger partial charge is 0.304 e. The summed E-state index contributed by atoms with van der Waals surface area (Å²) in [6.45, 7) is 3.18. The molecule has 1 saturated heterocycles. The third kappa shape index (κ3) is 4.28. The largest absolute Gasteiger partial charge is 0.481 e. The van der Waals surface area contributed by atoms with E-state index >= 15 is 0 Å². The Kier molecular flexibility index (Phi) is 5.20. The predicted octanol–water partition coefficient (Wildman–Crippen LogP) is 0.996. The molecule has 7 heteroatoms. The van der Waals surface area contributed by atoms with Gasteiger partial charge in [0.15, 0.2) is 0 Å². The van der Waals surface area contributed by atoms with E-state index in [4.69, 9.17) is 5.11 Å². The van der Waals surface area contributed by atoms with Gasteiger partial charge in [0.25, 0.3) is 0 Å². The van der Waals surface area contributed by atoms with Crippen molar-refractivity contribution in [1.82, 2.24) is 9.21 Å². The molecule has 1 aliphatic rings. The molecular weight excluding hydrogens is 304 g/mol. The molecule has 1 aliphatic heterocycles. The molecule has 0 spiro atoms. The first-order valence-corrected chi connectivity index (χ1v) is 9.09. The van der Waals surface area contributed by atoms with E-state index in [0.717, 1.165) is 5.56 Å². The minimum absolute atomic E-state index is 0.0342. The second-order valence-electron chi connectivity index (χ2n) is 5.84. The van der Waals surface area contributed by atoms with Gasteiger partial charge in [-0.3, -0.25) is 9.69 Å². The number of aliphatic carboxylic acids is 1. The minimum Gasteiger partial charge on any atom is -0.481 e. The highest BCUT2D eigenvalue weighted by Crippen LogP contribution is 2.22. The van der Waals surface area contributed by atoms with E-state index in [0.29, 0.717) is 13.1 Å². The number of carbonyl (C=O) groups is 1. The molecule has 0 aromatic heterocycles. The van der Waals surface area contributed by atoms with Crippen molar-refractivity contribution < 1.29 is 18.3 Å². The number of hydrogen-bond donors (Lipinski definition) is 1. The maximum atomic E-state index is 11.8. The van der Waals surface area contributed by atoms with E-state index in [1.165, 1.54) is 10.6 Å². The summed E-state index contributed by atoms with van der Waals surface area (Å²) in [4.78, 5) is 13.2. The van der Waals surface area contributed by atoms with E-state index in [1.54, 1.807) is 0 Å². The van der Waals surface area contributed by atoms with Gasteiger partial charge in [-0.1, -0.05) is 30.3 Å². The van der Waals surface area contributed by atoms with Crippen molar-refractivity contribution in [2.75, 3.05) is 19.3 Å². The van der Waals surface area contributed by atoms with Crippen LogP contribution in [0.4, 0.5) is 0 Å². The van der Waals surface area contributed by atoms with Gasteiger partial charge in [0.2, 0.25) is 10.0 Å². The molecule has 0 amide bonds. The van der Waals surface area contributed by atoms with Gasteiger partial charge < -0.3 is 5.11 Å². The third-order valence-corrected chi connectivity index (χ3v) is 5.24. The Morgan fingerprint density at radius 3 is 2.45 bits per heavy atom. The average molecular weight is 326 g/mol. The lowest BCUT2D eigenvalue weighted by atomic mass is 10.0. The van der Waals surface area contributed by atoms with E-state index in [2.05, 4.69) is 4.90 Å². The van der Waals surface area contributed by atoms with E-state index in [1.807, 2.05) is 37.3 Å². The molecule has 0 aliphatic carbocycles. The van der Waals surface area contributed by atoms with Crippen molar-refractivity contribution in [1.29, 1.82) is 0 Å². The van der Waals surface area contributed by atoms with E-state index in [-0.39, 0.29) is 25.0 Å². The van der Waals surface area contributed by atoms with Crippen molar-refractivity contribution in [2.24, 2.45) is 0 Å². The van der Waals surface area contributed by atoms with Crippen LogP contribution >= 0.6 is 0 Å². The summed E-state index contributed by atoms with van der Waals surface area (Å²) in [6, 6.07) is 9.45. The van der Waals surface area contributed by atoms with Crippen LogP contribution in [0.1, 0.15) is 18.9 Å². The van der Waals surface area contributed by atoms with Crippen LogP contribution in [0.5, 0.6) is 0 Å². The first kappa shape index (κ1) is 16.9. The number of rotatable bonds is 5. The molecule has 1 fully saturated rings. The summed E-state index contributed by atoms with van der Waals surface area (Å²) in [5.74, 6) is -0.911. The number of carboxylic acid groups (broad SMARTS) is 1. The molecule has 22 heavy (non-hydrogen) atoms. The summed E-state index contributed by atoms with van der Waals surface area (Å²) < 4.78 is 25.0. The van der Waals surface area contributed by atoms with Crippen LogP contribution < -0.4 is 0 Å². The highest BCUT2D eigenvalue weighted by molar-refractivity contribution is 7.88. The lowest BCUT2D eigenvalue weighted by molar-refractivity contribution is -0.139. The zero-order valence-electron chi connectivity index (χ0n) is 12.8. The molecule has 1 N–H and O–H groups in total. The van der Waals surface area contributed by atoms with Gasteiger partial charge in [-0.15, -0.1) is 0 Å². The van der Waals surface area contributed by atoms with Crippen molar-refractivity contribution >= 4 is 16.0 Å². The number of hydrogen-bond acceptors (Lipinski definition) is 4. The standard InChI is InChI=1S/C15H22N2O4S/c1-12-9-16(22(2,20)21)11-14(8-15(18)19)17(12)10-13-6-4-3-5-7-13/h3-7,12,14H,8-11H2,1-2H3,(H,18,19)/t12-,14-/m1/s1. The van der Waals surface area contributed by atoms with Crippen LogP contribution in [-0.4, -0.2) is 60.1 Å². The molecule has 6 nitrogen and oxygen atoms in total. The minimum atomic E-state index is -3.31. The molecule has 0 bridgehead atoms. The summed E-state index contributed by atoms with van der Waals surface area (Å²) >= 11 is 0. The van der Waals surface area contributed by atoms with Gasteiger partial charge in [0.05, 0.1) is 12.7 Å². The molecular formula is C15H22N2O4S. The van der Waals surface area contributed by atoms with Gasteiger partial charge in [-0.25, -0.2) is 8.42 Å². The molecule has 1 aromatic rings. The SMILES string of the molecule is C[C@@H]1CN(S(C)(=O)=O)C[C@@H](CC(=O)O)N1Cc1ccccc1. The highest BCUT2D eigenvalue weighted by Gasteiger charge is 2.36. The van der Waals surface area contributed by atoms with Crippen LogP contribution in [-0.2, 0) is 21.4 Å². The fourth-order valence-electron chi connectivity index (χ4n) is 2.91. The fraction of sp³-hybridized carbons (Fsp3) is 0.533. The van der Waals surface area contributed by atoms with Crippen LogP contribution in [0.25, 0.3) is 0 Å². The van der Waals surface area contributed by atoms with Crippen LogP contribution in [0.3, 0.4) is 0 Å². The Morgan fingerprint density at radius 1 is 1.27 bits per heavy atom. The lowest BCUT2D eigenvalue weighted by Gasteiger charge is -2.44. The van der Waals surface area contributed by atoms with Crippen LogP contribution in [0.15, 0.2) is 30.3 Å². The first-order chi connectivity index (χ1) is 10.3. The monoisotopic (exact) mass is 326 g/mol. The van der Waals surface area contributed by atoms with Crippen molar-refractivity contribution in [3.8, 4) is 0 Å². The quantitative estimate of drug-likeness (QED) is 0.873. The molecule has 2 rings (SSSR count). The predicted molar refractivity (Wildman–Crippen MR) is 83.9 cm³/mol. The molecule has 0 radical (unpaired) electrons. The zero-order chi connectivity index (χ0) is 16.3. The molecule has 2 atom stereocenters. The fourth-order valence-corrected chi connectivity index (χ4v) is 3.84. The van der Waals surface area contributed by atoms with Crippen molar-refractivity contribution in [3.63, 3.8) is 0 Å². The van der Waals surface area contributed by atoms with Gasteiger partial charge in [-0.2, -0.15) is 4.31 Å². The topological polar surface area (TPSA) is 77.9 Å². The summed E-state index contributed by atoms with van der Waals surface area (Å²) in [5.41, 5.74) is 1.09. The Labute approximate surface area is 131 Å². The first-order valence-electron chi connectivity index (χ1n) is 7.24. The second kappa shape index (κ2) is 6.76. The molecule has 1 heterocycles. The average Bonchev–Trinajstić information content (AvgIpc) is 2.42. The Hall–Kier alpha value is -1.44. The number of nitrogens with zero attached hydrogens (tertiary/aromatic N) is 2. The summed E-state index contributed by atoms with van der Waals surface area (Å²) in [7, 11) is -3.31. The zero-order valence-corrected chi connectivity index (χ0v) is 13.7. The third-order valence-electron chi connectivity index (χ3n) is 4.00. The van der Waals surface area contributed by atoms with E-state index in [9.17, 15) is 13.2 Å².